The van der Waals surface area contributed by atoms with E-state index in [0.717, 1.165) is 0 Å². The Morgan fingerprint density at radius 1 is 1.16 bits per heavy atom. The van der Waals surface area contributed by atoms with E-state index in [1.807, 2.05) is 0 Å². The van der Waals surface area contributed by atoms with Crippen molar-refractivity contribution in [1.29, 1.82) is 0 Å². The number of rotatable bonds is 3. The Morgan fingerprint density at radius 2 is 1.74 bits per heavy atom. The fourth-order valence-corrected chi connectivity index (χ4v) is 3.95. The van der Waals surface area contributed by atoms with Gasteiger partial charge in [0, 0.05) is 5.69 Å². The molecular weight excluding hydrogens is 286 g/mol. The van der Waals surface area contributed by atoms with Crippen molar-refractivity contribution < 1.29 is 13.2 Å². The first-order valence-corrected chi connectivity index (χ1v) is 7.41. The van der Waals surface area contributed by atoms with Crippen LogP contribution >= 0.6 is 11.6 Å². The van der Waals surface area contributed by atoms with E-state index in [1.54, 1.807) is 32.0 Å². The van der Waals surface area contributed by atoms with E-state index in [-0.39, 0.29) is 15.5 Å². The molecule has 0 amide bonds. The van der Waals surface area contributed by atoms with Crippen LogP contribution in [0.25, 0.3) is 0 Å². The number of benzene rings is 1. The predicted molar refractivity (Wildman–Crippen MR) is 72.3 cm³/mol. The molecule has 19 heavy (non-hydrogen) atoms. The highest BCUT2D eigenvalue weighted by Crippen LogP contribution is 2.29. The summed E-state index contributed by atoms with van der Waals surface area (Å²) in [6, 6.07) is 8.08. The molecule has 100 valence electrons. The molecule has 0 saturated heterocycles. The van der Waals surface area contributed by atoms with Crippen molar-refractivity contribution in [3.63, 3.8) is 0 Å². The van der Waals surface area contributed by atoms with Crippen molar-refractivity contribution in [2.24, 2.45) is 0 Å². The zero-order valence-electron chi connectivity index (χ0n) is 10.4. The van der Waals surface area contributed by atoms with Crippen LogP contribution in [0.1, 0.15) is 21.7 Å². The lowest BCUT2D eigenvalue weighted by atomic mass is 10.3. The van der Waals surface area contributed by atoms with E-state index in [2.05, 4.69) is 4.98 Å². The Kier molecular flexibility index (Phi) is 3.52. The quantitative estimate of drug-likeness (QED) is 0.886. The Bertz CT molecular complexity index is 733. The summed E-state index contributed by atoms with van der Waals surface area (Å²) in [5.41, 5.74) is 0.875. The largest absolute Gasteiger partial charge is 0.354 e. The third-order valence-corrected chi connectivity index (χ3v) is 5.12. The Hall–Kier alpha value is -1.59. The molecule has 0 radical (unpaired) electrons. The molecule has 0 atom stereocenters. The Balaban J connectivity index is 2.70. The van der Waals surface area contributed by atoms with Crippen LogP contribution in [-0.4, -0.2) is 18.6 Å². The molecule has 1 N–H and O–H groups in total. The molecule has 4 nitrogen and oxygen atoms in total. The summed E-state index contributed by atoms with van der Waals surface area (Å²) in [6.45, 7) is 3.17. The van der Waals surface area contributed by atoms with Crippen molar-refractivity contribution >= 4 is 26.7 Å². The maximum atomic E-state index is 12.5. The number of carbonyl (C=O) groups excluding carboxylic acids is 1. The van der Waals surface area contributed by atoms with Crippen LogP contribution in [0.2, 0.25) is 0 Å². The average molecular weight is 298 g/mol. The first-order chi connectivity index (χ1) is 8.85. The highest BCUT2D eigenvalue weighted by Gasteiger charge is 2.27. The van der Waals surface area contributed by atoms with E-state index in [0.29, 0.717) is 11.3 Å². The zero-order chi connectivity index (χ0) is 14.2. The SMILES string of the molecule is Cc1[nH]c(C(=O)Cl)c(C)c1S(=O)(=O)c1ccccc1. The molecule has 1 aromatic carbocycles. The smallest absolute Gasteiger partial charge is 0.268 e. The second-order valence-corrected chi connectivity index (χ2v) is 6.40. The molecule has 0 aliphatic heterocycles. The minimum Gasteiger partial charge on any atom is -0.354 e. The molecule has 0 aliphatic carbocycles. The summed E-state index contributed by atoms with van der Waals surface area (Å²) < 4.78 is 25.1. The summed E-state index contributed by atoms with van der Waals surface area (Å²) in [5.74, 6) is 0. The molecule has 1 aromatic heterocycles. The number of nitrogens with one attached hydrogen (secondary N) is 1. The van der Waals surface area contributed by atoms with Gasteiger partial charge in [-0.15, -0.1) is 0 Å². The van der Waals surface area contributed by atoms with E-state index in [9.17, 15) is 13.2 Å². The lowest BCUT2D eigenvalue weighted by Crippen LogP contribution is -2.04. The van der Waals surface area contributed by atoms with Gasteiger partial charge in [-0.05, 0) is 43.1 Å². The van der Waals surface area contributed by atoms with E-state index in [1.165, 1.54) is 12.1 Å². The number of hydrogen-bond acceptors (Lipinski definition) is 3. The summed E-state index contributed by atoms with van der Waals surface area (Å²) in [4.78, 5) is 14.3. The topological polar surface area (TPSA) is 67.0 Å². The number of carbonyl (C=O) groups is 1. The molecule has 0 saturated carbocycles. The number of aryl methyl sites for hydroxylation is 1. The standard InChI is InChI=1S/C13H12ClNO3S/c1-8-11(13(14)16)15-9(2)12(8)19(17,18)10-6-4-3-5-7-10/h3-7,15H,1-2H3. The number of aromatic nitrogens is 1. The Morgan fingerprint density at radius 3 is 2.21 bits per heavy atom. The predicted octanol–water partition coefficient (Wildman–Crippen LogP) is 2.84. The summed E-state index contributed by atoms with van der Waals surface area (Å²) in [7, 11) is -3.66. The zero-order valence-corrected chi connectivity index (χ0v) is 12.0. The van der Waals surface area contributed by atoms with Crippen LogP contribution in [0.15, 0.2) is 40.1 Å². The molecule has 0 aliphatic rings. The van der Waals surface area contributed by atoms with Gasteiger partial charge in [-0.25, -0.2) is 8.42 Å². The number of H-pyrrole nitrogens is 1. The van der Waals surface area contributed by atoms with Crippen molar-refractivity contribution in [2.75, 3.05) is 0 Å². The van der Waals surface area contributed by atoms with Gasteiger partial charge in [0.15, 0.2) is 0 Å². The van der Waals surface area contributed by atoms with Crippen LogP contribution in [0.5, 0.6) is 0 Å². The maximum Gasteiger partial charge on any atom is 0.268 e. The van der Waals surface area contributed by atoms with Gasteiger partial charge >= 0.3 is 0 Å². The highest BCUT2D eigenvalue weighted by molar-refractivity contribution is 7.91. The van der Waals surface area contributed by atoms with Gasteiger partial charge in [0.2, 0.25) is 9.84 Å². The normalized spacial score (nSPS) is 11.5. The van der Waals surface area contributed by atoms with Crippen molar-refractivity contribution in [3.05, 3.63) is 47.3 Å². The second-order valence-electron chi connectivity index (χ2n) is 4.17. The van der Waals surface area contributed by atoms with Crippen molar-refractivity contribution in [3.8, 4) is 0 Å². The summed E-state index contributed by atoms with van der Waals surface area (Å²) in [5, 5.41) is -0.699. The fraction of sp³-hybridized carbons (Fsp3) is 0.154. The molecular formula is C13H12ClNO3S. The molecule has 2 rings (SSSR count). The highest BCUT2D eigenvalue weighted by atomic mass is 35.5. The molecule has 2 aromatic rings. The van der Waals surface area contributed by atoms with Gasteiger partial charge < -0.3 is 4.98 Å². The van der Waals surface area contributed by atoms with Crippen LogP contribution in [0.3, 0.4) is 0 Å². The van der Waals surface area contributed by atoms with E-state index in [4.69, 9.17) is 11.6 Å². The van der Waals surface area contributed by atoms with Gasteiger partial charge in [0.05, 0.1) is 9.79 Å². The van der Waals surface area contributed by atoms with Gasteiger partial charge in [0.25, 0.3) is 5.24 Å². The first kappa shape index (κ1) is 13.8. The molecule has 0 unspecified atom stereocenters. The number of hydrogen-bond donors (Lipinski definition) is 1. The lowest BCUT2D eigenvalue weighted by molar-refractivity contribution is 0.107. The van der Waals surface area contributed by atoms with Gasteiger partial charge in [0.1, 0.15) is 5.69 Å². The third-order valence-electron chi connectivity index (χ3n) is 2.89. The molecule has 1 heterocycles. The lowest BCUT2D eigenvalue weighted by Gasteiger charge is -2.05. The van der Waals surface area contributed by atoms with Crippen LogP contribution in [0, 0.1) is 13.8 Å². The van der Waals surface area contributed by atoms with E-state index >= 15 is 0 Å². The van der Waals surface area contributed by atoms with Crippen LogP contribution < -0.4 is 0 Å². The van der Waals surface area contributed by atoms with Crippen LogP contribution in [-0.2, 0) is 9.84 Å². The Labute approximate surface area is 116 Å². The van der Waals surface area contributed by atoms with Gasteiger partial charge in [-0.2, -0.15) is 0 Å². The number of halogens is 1. The molecule has 0 spiro atoms. The number of sulfone groups is 1. The third kappa shape index (κ3) is 2.31. The summed E-state index contributed by atoms with van der Waals surface area (Å²) >= 11 is 5.42. The minimum absolute atomic E-state index is 0.114. The summed E-state index contributed by atoms with van der Waals surface area (Å²) in [6.07, 6.45) is 0. The first-order valence-electron chi connectivity index (χ1n) is 5.55. The second kappa shape index (κ2) is 4.83. The van der Waals surface area contributed by atoms with E-state index < -0.39 is 15.1 Å². The fourth-order valence-electron chi connectivity index (χ4n) is 2.05. The van der Waals surface area contributed by atoms with Crippen LogP contribution in [0.4, 0.5) is 0 Å². The van der Waals surface area contributed by atoms with Gasteiger partial charge in [-0.1, -0.05) is 18.2 Å². The molecule has 0 fully saturated rings. The average Bonchev–Trinajstić information content (AvgIpc) is 2.66. The van der Waals surface area contributed by atoms with Crippen molar-refractivity contribution in [2.45, 2.75) is 23.6 Å². The monoisotopic (exact) mass is 297 g/mol. The minimum atomic E-state index is -3.66. The maximum absolute atomic E-state index is 12.5. The molecule has 6 heteroatoms. The number of aromatic amines is 1. The van der Waals surface area contributed by atoms with Gasteiger partial charge in [-0.3, -0.25) is 4.79 Å². The molecule has 0 bridgehead atoms. The van der Waals surface area contributed by atoms with Crippen molar-refractivity contribution in [1.82, 2.24) is 4.98 Å².